The predicted molar refractivity (Wildman–Crippen MR) is 84.7 cm³/mol. The van der Waals surface area contributed by atoms with Crippen molar-refractivity contribution >= 4 is 11.8 Å². The Morgan fingerprint density at radius 2 is 2.04 bits per heavy atom. The van der Waals surface area contributed by atoms with Gasteiger partial charge in [0.1, 0.15) is 5.82 Å². The number of halogens is 1. The Bertz CT molecular complexity index is 610. The summed E-state index contributed by atoms with van der Waals surface area (Å²) in [7, 11) is 2.18. The van der Waals surface area contributed by atoms with Crippen molar-refractivity contribution in [3.05, 3.63) is 29.6 Å². The van der Waals surface area contributed by atoms with Crippen LogP contribution in [-0.2, 0) is 11.3 Å². The molecule has 0 aliphatic carbocycles. The average molecular weight is 319 g/mol. The number of nitrogens with zero attached hydrogens (tertiary/aromatic N) is 2. The lowest BCUT2D eigenvalue weighted by atomic mass is 9.98. The SMILES string of the molecule is CN1C2CCC1CC(NC(=O)ON1CCc3cc(F)ccc31)C2. The minimum Gasteiger partial charge on any atom is -0.322 e. The second kappa shape index (κ2) is 5.67. The first kappa shape index (κ1) is 14.8. The highest BCUT2D eigenvalue weighted by Gasteiger charge is 2.39. The summed E-state index contributed by atoms with van der Waals surface area (Å²) in [5.74, 6) is -0.253. The molecule has 6 heteroatoms. The summed E-state index contributed by atoms with van der Waals surface area (Å²) in [6, 6.07) is 5.91. The number of anilines is 1. The molecule has 2 saturated heterocycles. The minimum atomic E-state index is -0.406. The molecule has 2 bridgehead atoms. The zero-order valence-corrected chi connectivity index (χ0v) is 13.3. The van der Waals surface area contributed by atoms with E-state index in [0.717, 1.165) is 24.1 Å². The number of hydroxylamine groups is 1. The Morgan fingerprint density at radius 1 is 1.30 bits per heavy atom. The molecule has 1 aromatic rings. The van der Waals surface area contributed by atoms with Gasteiger partial charge in [-0.15, -0.1) is 0 Å². The molecule has 2 unspecified atom stereocenters. The van der Waals surface area contributed by atoms with Crippen LogP contribution in [0.25, 0.3) is 0 Å². The van der Waals surface area contributed by atoms with Gasteiger partial charge in [0.25, 0.3) is 0 Å². The van der Waals surface area contributed by atoms with E-state index in [2.05, 4.69) is 17.3 Å². The van der Waals surface area contributed by atoms with Gasteiger partial charge in [0.05, 0.1) is 12.2 Å². The van der Waals surface area contributed by atoms with Gasteiger partial charge in [-0.3, -0.25) is 0 Å². The molecule has 3 aliphatic rings. The molecule has 0 spiro atoms. The van der Waals surface area contributed by atoms with E-state index in [1.165, 1.54) is 25.0 Å². The molecule has 1 amide bonds. The van der Waals surface area contributed by atoms with Gasteiger partial charge in [0.2, 0.25) is 0 Å². The summed E-state index contributed by atoms with van der Waals surface area (Å²) >= 11 is 0. The molecule has 1 N–H and O–H groups in total. The van der Waals surface area contributed by atoms with Gasteiger partial charge in [-0.2, -0.15) is 0 Å². The van der Waals surface area contributed by atoms with Crippen LogP contribution in [0.15, 0.2) is 18.2 Å². The summed E-state index contributed by atoms with van der Waals surface area (Å²) in [5, 5.41) is 4.57. The molecular weight excluding hydrogens is 297 g/mol. The molecule has 4 rings (SSSR count). The molecule has 3 heterocycles. The monoisotopic (exact) mass is 319 g/mol. The second-order valence-electron chi connectivity index (χ2n) is 6.87. The predicted octanol–water partition coefficient (Wildman–Crippen LogP) is 2.45. The average Bonchev–Trinajstić information content (AvgIpc) is 2.96. The van der Waals surface area contributed by atoms with Crippen LogP contribution < -0.4 is 10.4 Å². The molecule has 2 atom stereocenters. The first-order chi connectivity index (χ1) is 11.1. The lowest BCUT2D eigenvalue weighted by Gasteiger charge is -2.36. The van der Waals surface area contributed by atoms with Crippen molar-refractivity contribution in [1.29, 1.82) is 0 Å². The van der Waals surface area contributed by atoms with Crippen LogP contribution in [0.4, 0.5) is 14.9 Å². The quantitative estimate of drug-likeness (QED) is 0.909. The van der Waals surface area contributed by atoms with Crippen LogP contribution in [0.1, 0.15) is 31.2 Å². The van der Waals surface area contributed by atoms with Crippen LogP contribution >= 0.6 is 0 Å². The number of carbonyl (C=O) groups excluding carboxylic acids is 1. The Kier molecular flexibility index (Phi) is 3.64. The van der Waals surface area contributed by atoms with Gasteiger partial charge in [-0.1, -0.05) is 0 Å². The first-order valence-corrected chi connectivity index (χ1v) is 8.36. The third-order valence-corrected chi connectivity index (χ3v) is 5.51. The Morgan fingerprint density at radius 3 is 2.78 bits per heavy atom. The Hall–Kier alpha value is -1.82. The van der Waals surface area contributed by atoms with Crippen LogP contribution in [0, 0.1) is 5.82 Å². The summed E-state index contributed by atoms with van der Waals surface area (Å²) in [5.41, 5.74) is 1.67. The minimum absolute atomic E-state index is 0.187. The molecule has 0 radical (unpaired) electrons. The smallest absolute Gasteiger partial charge is 0.322 e. The number of fused-ring (bicyclic) bond motifs is 3. The molecule has 5 nitrogen and oxygen atoms in total. The molecule has 3 aliphatic heterocycles. The molecule has 23 heavy (non-hydrogen) atoms. The molecular formula is C17H22FN3O2. The largest absolute Gasteiger partial charge is 0.431 e. The number of piperidine rings is 1. The molecule has 1 aromatic carbocycles. The van der Waals surface area contributed by atoms with E-state index in [1.807, 2.05) is 0 Å². The van der Waals surface area contributed by atoms with Crippen molar-refractivity contribution in [3.63, 3.8) is 0 Å². The van der Waals surface area contributed by atoms with E-state index in [0.29, 0.717) is 25.0 Å². The molecule has 124 valence electrons. The maximum absolute atomic E-state index is 13.2. The number of amides is 1. The second-order valence-corrected chi connectivity index (χ2v) is 6.87. The van der Waals surface area contributed by atoms with Gasteiger partial charge in [-0.25, -0.2) is 14.2 Å². The van der Waals surface area contributed by atoms with Crippen LogP contribution in [0.2, 0.25) is 0 Å². The lowest BCUT2D eigenvalue weighted by molar-refractivity contribution is 0.112. The molecule has 0 saturated carbocycles. The van der Waals surface area contributed by atoms with Gasteiger partial charge in [0, 0.05) is 18.1 Å². The Labute approximate surface area is 135 Å². The van der Waals surface area contributed by atoms with Crippen molar-refractivity contribution in [1.82, 2.24) is 10.2 Å². The third kappa shape index (κ3) is 2.76. The van der Waals surface area contributed by atoms with E-state index in [4.69, 9.17) is 4.84 Å². The maximum atomic E-state index is 13.2. The van der Waals surface area contributed by atoms with Crippen LogP contribution in [0.3, 0.4) is 0 Å². The topological polar surface area (TPSA) is 44.8 Å². The van der Waals surface area contributed by atoms with Gasteiger partial charge >= 0.3 is 6.09 Å². The van der Waals surface area contributed by atoms with Crippen molar-refractivity contribution in [2.24, 2.45) is 0 Å². The van der Waals surface area contributed by atoms with Gasteiger partial charge in [0.15, 0.2) is 0 Å². The first-order valence-electron chi connectivity index (χ1n) is 8.36. The van der Waals surface area contributed by atoms with Crippen LogP contribution in [-0.4, -0.2) is 42.7 Å². The van der Waals surface area contributed by atoms with Crippen molar-refractivity contribution < 1.29 is 14.0 Å². The van der Waals surface area contributed by atoms with E-state index < -0.39 is 6.09 Å². The summed E-state index contributed by atoms with van der Waals surface area (Å²) in [4.78, 5) is 20.1. The molecule has 2 fully saturated rings. The van der Waals surface area contributed by atoms with Gasteiger partial charge < -0.3 is 15.1 Å². The summed E-state index contributed by atoms with van der Waals surface area (Å²) in [6.07, 6.45) is 4.71. The number of carbonyl (C=O) groups is 1. The number of hydrogen-bond donors (Lipinski definition) is 1. The fourth-order valence-corrected chi connectivity index (χ4v) is 4.26. The summed E-state index contributed by atoms with van der Waals surface area (Å²) < 4.78 is 13.2. The fraction of sp³-hybridized carbons (Fsp3) is 0.588. The van der Waals surface area contributed by atoms with Gasteiger partial charge in [-0.05, 0) is 62.9 Å². The maximum Gasteiger partial charge on any atom is 0.431 e. The zero-order valence-electron chi connectivity index (χ0n) is 13.3. The lowest BCUT2D eigenvalue weighted by Crippen LogP contribution is -2.49. The van der Waals surface area contributed by atoms with E-state index in [-0.39, 0.29) is 11.9 Å². The van der Waals surface area contributed by atoms with E-state index in [9.17, 15) is 9.18 Å². The number of hydrogen-bond acceptors (Lipinski definition) is 4. The number of nitrogens with one attached hydrogen (secondary N) is 1. The highest BCUT2D eigenvalue weighted by Crippen LogP contribution is 2.34. The standard InChI is InChI=1S/C17H22FN3O2/c1-20-14-3-4-15(20)10-13(9-14)19-17(22)23-21-7-6-11-8-12(18)2-5-16(11)21/h2,5,8,13-15H,3-4,6-7,9-10H2,1H3,(H,19,22). The van der Waals surface area contributed by atoms with Crippen molar-refractivity contribution in [2.45, 2.75) is 50.2 Å². The van der Waals surface area contributed by atoms with Crippen molar-refractivity contribution in [2.75, 3.05) is 18.7 Å². The molecule has 0 aromatic heterocycles. The van der Waals surface area contributed by atoms with Crippen LogP contribution in [0.5, 0.6) is 0 Å². The zero-order chi connectivity index (χ0) is 16.0. The number of benzene rings is 1. The third-order valence-electron chi connectivity index (χ3n) is 5.51. The fourth-order valence-electron chi connectivity index (χ4n) is 4.26. The number of rotatable bonds is 2. The van der Waals surface area contributed by atoms with Crippen molar-refractivity contribution in [3.8, 4) is 0 Å². The Balaban J connectivity index is 1.35. The summed E-state index contributed by atoms with van der Waals surface area (Å²) in [6.45, 7) is 0.574. The van der Waals surface area contributed by atoms with E-state index in [1.54, 1.807) is 11.1 Å². The highest BCUT2D eigenvalue weighted by molar-refractivity contribution is 5.70. The normalized spacial score (nSPS) is 29.5. The van der Waals surface area contributed by atoms with E-state index >= 15 is 0 Å². The highest BCUT2D eigenvalue weighted by atomic mass is 19.1.